The van der Waals surface area contributed by atoms with Crippen LogP contribution in [0.15, 0.2) is 35.4 Å². The summed E-state index contributed by atoms with van der Waals surface area (Å²) < 4.78 is 9.97. The highest BCUT2D eigenvalue weighted by atomic mass is 16.6. The Morgan fingerprint density at radius 1 is 1.08 bits per heavy atom. The molecule has 0 atom stereocenters. The molecule has 142 valence electrons. The number of amides is 1. The van der Waals surface area contributed by atoms with E-state index in [0.29, 0.717) is 0 Å². The molecule has 0 bridgehead atoms. The molecule has 26 heavy (non-hydrogen) atoms. The quantitative estimate of drug-likeness (QED) is 0.284. The molecular formula is C18H25N3O5. The second kappa shape index (κ2) is 10.9. The maximum absolute atomic E-state index is 12.4. The van der Waals surface area contributed by atoms with Crippen molar-refractivity contribution in [2.75, 3.05) is 18.6 Å². The van der Waals surface area contributed by atoms with Gasteiger partial charge in [0, 0.05) is 13.1 Å². The molecule has 1 aromatic carbocycles. The van der Waals surface area contributed by atoms with Crippen molar-refractivity contribution in [3.05, 3.63) is 30.3 Å². The first-order chi connectivity index (χ1) is 12.5. The van der Waals surface area contributed by atoms with Gasteiger partial charge < -0.3 is 14.8 Å². The summed E-state index contributed by atoms with van der Waals surface area (Å²) in [5.74, 6) is -2.23. The molecule has 8 nitrogen and oxygen atoms in total. The topological polar surface area (TPSA) is 106 Å². The van der Waals surface area contributed by atoms with E-state index in [-0.39, 0.29) is 26.1 Å². The number of carbonyl (C=O) groups excluding carboxylic acids is 3. The number of carbonyl (C=O) groups is 3. The first kappa shape index (κ1) is 21.1. The highest BCUT2D eigenvalue weighted by Crippen LogP contribution is 2.18. The van der Waals surface area contributed by atoms with Crippen LogP contribution in [0.25, 0.3) is 0 Å². The maximum Gasteiger partial charge on any atom is 0.343 e. The number of nitrogens with one attached hydrogen (secondary N) is 2. The monoisotopic (exact) mass is 363 g/mol. The van der Waals surface area contributed by atoms with E-state index in [4.69, 9.17) is 9.47 Å². The average Bonchev–Trinajstić information content (AvgIpc) is 2.61. The van der Waals surface area contributed by atoms with E-state index in [1.165, 1.54) is 13.1 Å². The van der Waals surface area contributed by atoms with E-state index in [9.17, 15) is 14.4 Å². The van der Waals surface area contributed by atoms with Crippen LogP contribution in [0.1, 0.15) is 33.6 Å². The third kappa shape index (κ3) is 6.19. The number of nitrogens with zero attached hydrogens (tertiary/aromatic N) is 1. The van der Waals surface area contributed by atoms with Crippen LogP contribution in [0.5, 0.6) is 0 Å². The SMILES string of the molecule is CCOC(=O)C(CCC=NNc1ccccc1)(NC(C)=O)C(=O)OCC. The second-order valence-corrected chi connectivity index (χ2v) is 5.36. The maximum atomic E-state index is 12.4. The Labute approximate surface area is 152 Å². The number of hydrogen-bond donors (Lipinski definition) is 2. The number of anilines is 1. The van der Waals surface area contributed by atoms with Crippen molar-refractivity contribution in [3.63, 3.8) is 0 Å². The van der Waals surface area contributed by atoms with Gasteiger partial charge in [-0.3, -0.25) is 10.2 Å². The number of hydrogen-bond acceptors (Lipinski definition) is 7. The van der Waals surface area contributed by atoms with Crippen molar-refractivity contribution < 1.29 is 23.9 Å². The van der Waals surface area contributed by atoms with Gasteiger partial charge in [-0.2, -0.15) is 5.10 Å². The largest absolute Gasteiger partial charge is 0.464 e. The van der Waals surface area contributed by atoms with Crippen LogP contribution >= 0.6 is 0 Å². The van der Waals surface area contributed by atoms with Gasteiger partial charge in [0.25, 0.3) is 0 Å². The molecule has 8 heteroatoms. The lowest BCUT2D eigenvalue weighted by Gasteiger charge is -2.29. The van der Waals surface area contributed by atoms with Gasteiger partial charge in [-0.05, 0) is 38.8 Å². The summed E-state index contributed by atoms with van der Waals surface area (Å²) in [6, 6.07) is 9.30. The number of rotatable bonds is 10. The molecule has 1 amide bonds. The van der Waals surface area contributed by atoms with Gasteiger partial charge >= 0.3 is 11.9 Å². The summed E-state index contributed by atoms with van der Waals surface area (Å²) >= 11 is 0. The summed E-state index contributed by atoms with van der Waals surface area (Å²) in [5.41, 5.74) is 1.74. The van der Waals surface area contributed by atoms with Crippen LogP contribution in [0.2, 0.25) is 0 Å². The van der Waals surface area contributed by atoms with Crippen molar-refractivity contribution in [2.24, 2.45) is 5.10 Å². The average molecular weight is 363 g/mol. The van der Waals surface area contributed by atoms with Gasteiger partial charge in [0.2, 0.25) is 11.4 Å². The van der Waals surface area contributed by atoms with Crippen molar-refractivity contribution in [1.82, 2.24) is 5.32 Å². The third-order valence-electron chi connectivity index (χ3n) is 3.34. The second-order valence-electron chi connectivity index (χ2n) is 5.36. The van der Waals surface area contributed by atoms with E-state index < -0.39 is 23.4 Å². The van der Waals surface area contributed by atoms with Gasteiger partial charge in [-0.15, -0.1) is 0 Å². The van der Waals surface area contributed by atoms with Crippen LogP contribution < -0.4 is 10.7 Å². The number of esters is 2. The fourth-order valence-corrected chi connectivity index (χ4v) is 2.24. The van der Waals surface area contributed by atoms with E-state index in [1.54, 1.807) is 13.8 Å². The standard InChI is InChI=1S/C18H25N3O5/c1-4-25-16(23)18(20-14(3)22,17(24)26-5-2)12-9-13-19-21-15-10-7-6-8-11-15/h6-8,10-11,13,21H,4-5,9,12H2,1-3H3,(H,20,22). The van der Waals surface area contributed by atoms with Crippen LogP contribution in [-0.2, 0) is 23.9 Å². The first-order valence-corrected chi connectivity index (χ1v) is 8.42. The van der Waals surface area contributed by atoms with Gasteiger partial charge in [0.05, 0.1) is 18.9 Å². The Morgan fingerprint density at radius 3 is 2.15 bits per heavy atom. The highest BCUT2D eigenvalue weighted by molar-refractivity contribution is 6.07. The molecule has 2 N–H and O–H groups in total. The van der Waals surface area contributed by atoms with Gasteiger partial charge in [0.15, 0.2) is 0 Å². The highest BCUT2D eigenvalue weighted by Gasteiger charge is 2.49. The first-order valence-electron chi connectivity index (χ1n) is 8.42. The van der Waals surface area contributed by atoms with Crippen LogP contribution in [0, 0.1) is 0 Å². The normalized spacial score (nSPS) is 11.0. The molecule has 0 radical (unpaired) electrons. The number of benzene rings is 1. The molecule has 0 aromatic heterocycles. The molecule has 1 aromatic rings. The molecule has 0 spiro atoms. The lowest BCUT2D eigenvalue weighted by Crippen LogP contribution is -2.61. The molecule has 0 saturated heterocycles. The van der Waals surface area contributed by atoms with Crippen molar-refractivity contribution in [2.45, 2.75) is 39.2 Å². The summed E-state index contributed by atoms with van der Waals surface area (Å²) in [7, 11) is 0. The summed E-state index contributed by atoms with van der Waals surface area (Å²) in [6.45, 7) is 4.60. The summed E-state index contributed by atoms with van der Waals surface area (Å²) in [6.07, 6.45) is 1.71. The van der Waals surface area contributed by atoms with Crippen LogP contribution in [-0.4, -0.2) is 42.8 Å². The zero-order chi connectivity index (χ0) is 19.4. The van der Waals surface area contributed by atoms with Crippen molar-refractivity contribution in [1.29, 1.82) is 0 Å². The van der Waals surface area contributed by atoms with Gasteiger partial charge in [-0.1, -0.05) is 18.2 Å². The minimum atomic E-state index is -1.89. The van der Waals surface area contributed by atoms with Crippen LogP contribution in [0.4, 0.5) is 5.69 Å². The van der Waals surface area contributed by atoms with Crippen molar-refractivity contribution in [3.8, 4) is 0 Å². The molecule has 0 unspecified atom stereocenters. The number of ether oxygens (including phenoxy) is 2. The predicted molar refractivity (Wildman–Crippen MR) is 97.6 cm³/mol. The Balaban J connectivity index is 2.86. The van der Waals surface area contributed by atoms with Crippen molar-refractivity contribution >= 4 is 29.7 Å². The lowest BCUT2D eigenvalue weighted by atomic mass is 9.93. The fourth-order valence-electron chi connectivity index (χ4n) is 2.24. The van der Waals surface area contributed by atoms with Gasteiger partial charge in [-0.25, -0.2) is 9.59 Å². The van der Waals surface area contributed by atoms with E-state index in [1.807, 2.05) is 30.3 Å². The van der Waals surface area contributed by atoms with E-state index >= 15 is 0 Å². The molecule has 0 aliphatic heterocycles. The van der Waals surface area contributed by atoms with Crippen LogP contribution in [0.3, 0.4) is 0 Å². The Bertz CT molecular complexity index is 613. The molecule has 0 heterocycles. The Hall–Kier alpha value is -2.90. The molecular weight excluding hydrogens is 338 g/mol. The fraction of sp³-hybridized carbons (Fsp3) is 0.444. The predicted octanol–water partition coefficient (Wildman–Crippen LogP) is 1.87. The zero-order valence-electron chi connectivity index (χ0n) is 15.3. The van der Waals surface area contributed by atoms with E-state index in [0.717, 1.165) is 5.69 Å². The minimum Gasteiger partial charge on any atom is -0.464 e. The third-order valence-corrected chi connectivity index (χ3v) is 3.34. The molecule has 0 aliphatic rings. The molecule has 0 fully saturated rings. The lowest BCUT2D eigenvalue weighted by molar-refractivity contribution is -0.168. The smallest absolute Gasteiger partial charge is 0.343 e. The summed E-state index contributed by atoms with van der Waals surface area (Å²) in [5, 5.41) is 6.44. The minimum absolute atomic E-state index is 0.0375. The molecule has 1 rings (SSSR count). The zero-order valence-corrected chi connectivity index (χ0v) is 15.3. The number of para-hydroxylation sites is 1. The molecule has 0 saturated carbocycles. The van der Waals surface area contributed by atoms with E-state index in [2.05, 4.69) is 15.8 Å². The summed E-state index contributed by atoms with van der Waals surface area (Å²) in [4.78, 5) is 36.4. The number of hydrazone groups is 1. The van der Waals surface area contributed by atoms with Gasteiger partial charge in [0.1, 0.15) is 0 Å². The Kier molecular flexibility index (Phi) is 8.83. The Morgan fingerprint density at radius 2 is 1.65 bits per heavy atom. The molecule has 0 aliphatic carbocycles.